The average molecular weight is 373 g/mol. The number of aromatic nitrogens is 3. The minimum Gasteiger partial charge on any atom is -0.439 e. The molecule has 0 unspecified atom stereocenters. The van der Waals surface area contributed by atoms with E-state index >= 15 is 0 Å². The van der Waals surface area contributed by atoms with Crippen LogP contribution in [0.4, 0.5) is 5.88 Å². The highest BCUT2D eigenvalue weighted by Crippen LogP contribution is 2.24. The van der Waals surface area contributed by atoms with Crippen molar-refractivity contribution in [2.75, 3.05) is 5.32 Å². The lowest BCUT2D eigenvalue weighted by Gasteiger charge is -2.12. The smallest absolute Gasteiger partial charge is 0.276 e. The van der Waals surface area contributed by atoms with Gasteiger partial charge in [-0.2, -0.15) is 0 Å². The number of amides is 1. The number of nitrogens with one attached hydrogen (secondary N) is 1. The first-order valence-corrected chi connectivity index (χ1v) is 8.24. The largest absolute Gasteiger partial charge is 0.439 e. The van der Waals surface area contributed by atoms with Crippen molar-refractivity contribution in [1.29, 1.82) is 0 Å². The Hall–Kier alpha value is -2.93. The van der Waals surface area contributed by atoms with E-state index in [0.717, 1.165) is 5.69 Å². The summed E-state index contributed by atoms with van der Waals surface area (Å²) in [7, 11) is 0. The normalized spacial score (nSPS) is 11.2. The van der Waals surface area contributed by atoms with Crippen LogP contribution in [0.5, 0.6) is 11.6 Å². The molecule has 134 valence electrons. The molecule has 0 aliphatic carbocycles. The SMILES string of the molecule is CC(C)(C)c1cc(NC(=O)c2cccc(Oc3ccnc(Cl)c3)n2)on1. The first-order valence-electron chi connectivity index (χ1n) is 7.86. The summed E-state index contributed by atoms with van der Waals surface area (Å²) >= 11 is 5.83. The molecule has 0 atom stereocenters. The first-order chi connectivity index (χ1) is 12.3. The molecular formula is C18H17ClN4O3. The van der Waals surface area contributed by atoms with Crippen LogP contribution in [0.2, 0.25) is 5.15 Å². The molecule has 7 nitrogen and oxygen atoms in total. The minimum atomic E-state index is -0.431. The van der Waals surface area contributed by atoms with Gasteiger partial charge in [-0.25, -0.2) is 9.97 Å². The third-order valence-electron chi connectivity index (χ3n) is 3.39. The fourth-order valence-corrected chi connectivity index (χ4v) is 2.19. The van der Waals surface area contributed by atoms with E-state index in [9.17, 15) is 4.79 Å². The van der Waals surface area contributed by atoms with Gasteiger partial charge >= 0.3 is 0 Å². The highest BCUT2D eigenvalue weighted by Gasteiger charge is 2.20. The van der Waals surface area contributed by atoms with Crippen LogP contribution in [0, 0.1) is 0 Å². The summed E-state index contributed by atoms with van der Waals surface area (Å²) in [5.74, 6) is 0.557. The summed E-state index contributed by atoms with van der Waals surface area (Å²) in [6.45, 7) is 6.01. The maximum atomic E-state index is 12.4. The molecule has 0 aliphatic heterocycles. The number of carbonyl (C=O) groups excluding carboxylic acids is 1. The second-order valence-corrected chi connectivity index (χ2v) is 6.95. The van der Waals surface area contributed by atoms with Gasteiger partial charge in [-0.1, -0.05) is 43.6 Å². The quantitative estimate of drug-likeness (QED) is 0.680. The van der Waals surface area contributed by atoms with Crippen molar-refractivity contribution in [3.05, 3.63) is 59.1 Å². The number of ether oxygens (including phenoxy) is 1. The molecule has 8 heteroatoms. The number of pyridine rings is 2. The first kappa shape index (κ1) is 17.9. The maximum absolute atomic E-state index is 12.4. The van der Waals surface area contributed by atoms with Crippen LogP contribution in [0.15, 0.2) is 47.1 Å². The molecule has 0 bridgehead atoms. The van der Waals surface area contributed by atoms with E-state index < -0.39 is 5.91 Å². The minimum absolute atomic E-state index is 0.176. The average Bonchev–Trinajstić information content (AvgIpc) is 3.04. The topological polar surface area (TPSA) is 90.1 Å². The van der Waals surface area contributed by atoms with Crippen molar-refractivity contribution < 1.29 is 14.1 Å². The molecule has 0 radical (unpaired) electrons. The van der Waals surface area contributed by atoms with Gasteiger partial charge in [0.2, 0.25) is 11.8 Å². The van der Waals surface area contributed by atoms with Gasteiger partial charge in [-0.3, -0.25) is 10.1 Å². The molecule has 3 rings (SSSR count). The van der Waals surface area contributed by atoms with Gasteiger partial charge in [0.1, 0.15) is 16.6 Å². The van der Waals surface area contributed by atoms with Gasteiger partial charge in [-0.05, 0) is 12.1 Å². The Morgan fingerprint density at radius 1 is 1.23 bits per heavy atom. The number of hydrogen-bond acceptors (Lipinski definition) is 6. The van der Waals surface area contributed by atoms with E-state index in [-0.39, 0.29) is 22.9 Å². The zero-order valence-corrected chi connectivity index (χ0v) is 15.2. The van der Waals surface area contributed by atoms with E-state index in [1.54, 1.807) is 36.4 Å². The van der Waals surface area contributed by atoms with E-state index in [1.807, 2.05) is 20.8 Å². The molecule has 0 saturated heterocycles. The van der Waals surface area contributed by atoms with Gasteiger partial charge in [0, 0.05) is 29.8 Å². The van der Waals surface area contributed by atoms with Crippen molar-refractivity contribution in [3.8, 4) is 11.6 Å². The van der Waals surface area contributed by atoms with Crippen LogP contribution in [0.1, 0.15) is 37.0 Å². The Kier molecular flexibility index (Phi) is 4.90. The van der Waals surface area contributed by atoms with E-state index in [0.29, 0.717) is 10.9 Å². The summed E-state index contributed by atoms with van der Waals surface area (Å²) in [6, 6.07) is 9.76. The molecule has 0 aromatic carbocycles. The molecule has 3 aromatic heterocycles. The standard InChI is InChI=1S/C18H17ClN4O3/c1-18(2,3)13-10-16(26-23-13)22-17(24)12-5-4-6-15(21-12)25-11-7-8-20-14(19)9-11/h4-10H,1-3H3,(H,22,24). The molecule has 1 N–H and O–H groups in total. The lowest BCUT2D eigenvalue weighted by molar-refractivity contribution is 0.101. The molecule has 3 aromatic rings. The number of carbonyl (C=O) groups is 1. The van der Waals surface area contributed by atoms with Crippen molar-refractivity contribution >= 4 is 23.4 Å². The fourth-order valence-electron chi connectivity index (χ4n) is 2.03. The third kappa shape index (κ3) is 4.37. The number of rotatable bonds is 4. The van der Waals surface area contributed by atoms with Crippen LogP contribution in [0.25, 0.3) is 0 Å². The van der Waals surface area contributed by atoms with E-state index in [4.69, 9.17) is 20.9 Å². The highest BCUT2D eigenvalue weighted by molar-refractivity contribution is 6.29. The predicted molar refractivity (Wildman–Crippen MR) is 96.7 cm³/mol. The number of hydrogen-bond donors (Lipinski definition) is 1. The second kappa shape index (κ2) is 7.13. The number of nitrogens with zero attached hydrogens (tertiary/aromatic N) is 3. The molecule has 0 fully saturated rings. The summed E-state index contributed by atoms with van der Waals surface area (Å²) in [5, 5.41) is 6.90. The van der Waals surface area contributed by atoms with Gasteiger partial charge in [0.15, 0.2) is 0 Å². The molecular weight excluding hydrogens is 356 g/mol. The Morgan fingerprint density at radius 2 is 2.04 bits per heavy atom. The van der Waals surface area contributed by atoms with Gasteiger partial charge in [0.05, 0.1) is 5.69 Å². The van der Waals surface area contributed by atoms with Gasteiger partial charge < -0.3 is 9.26 Å². The molecule has 0 aliphatic rings. The van der Waals surface area contributed by atoms with E-state index in [1.165, 1.54) is 6.20 Å². The van der Waals surface area contributed by atoms with Crippen molar-refractivity contribution in [1.82, 2.24) is 15.1 Å². The maximum Gasteiger partial charge on any atom is 0.276 e. The summed E-state index contributed by atoms with van der Waals surface area (Å²) < 4.78 is 10.8. The molecule has 0 saturated carbocycles. The zero-order chi connectivity index (χ0) is 18.7. The molecule has 3 heterocycles. The second-order valence-electron chi connectivity index (χ2n) is 6.56. The van der Waals surface area contributed by atoms with Crippen LogP contribution < -0.4 is 10.1 Å². The van der Waals surface area contributed by atoms with Gasteiger partial charge in [0.25, 0.3) is 5.91 Å². The van der Waals surface area contributed by atoms with Crippen LogP contribution >= 0.6 is 11.6 Å². The lowest BCUT2D eigenvalue weighted by Crippen LogP contribution is -2.14. The van der Waals surface area contributed by atoms with E-state index in [2.05, 4.69) is 20.4 Å². The number of anilines is 1. The highest BCUT2D eigenvalue weighted by atomic mass is 35.5. The molecule has 1 amide bonds. The summed E-state index contributed by atoms with van der Waals surface area (Å²) in [6.07, 6.45) is 1.52. The third-order valence-corrected chi connectivity index (χ3v) is 3.60. The van der Waals surface area contributed by atoms with Crippen molar-refractivity contribution in [2.24, 2.45) is 0 Å². The van der Waals surface area contributed by atoms with Gasteiger partial charge in [-0.15, -0.1) is 0 Å². The summed E-state index contributed by atoms with van der Waals surface area (Å²) in [5.41, 5.74) is 0.744. The number of halogens is 1. The zero-order valence-electron chi connectivity index (χ0n) is 14.5. The fraction of sp³-hybridized carbons (Fsp3) is 0.222. The molecule has 26 heavy (non-hydrogen) atoms. The molecule has 0 spiro atoms. The van der Waals surface area contributed by atoms with Crippen LogP contribution in [0.3, 0.4) is 0 Å². The monoisotopic (exact) mass is 372 g/mol. The van der Waals surface area contributed by atoms with Crippen molar-refractivity contribution in [3.63, 3.8) is 0 Å². The summed E-state index contributed by atoms with van der Waals surface area (Å²) in [4.78, 5) is 20.5. The Morgan fingerprint density at radius 3 is 2.73 bits per heavy atom. The Bertz CT molecular complexity index is 934. The Balaban J connectivity index is 1.73. The Labute approximate surface area is 155 Å². The van der Waals surface area contributed by atoms with Crippen LogP contribution in [-0.4, -0.2) is 21.0 Å². The predicted octanol–water partition coefficient (Wildman–Crippen LogP) is 4.46. The van der Waals surface area contributed by atoms with Crippen molar-refractivity contribution in [2.45, 2.75) is 26.2 Å². The lowest BCUT2D eigenvalue weighted by atomic mass is 9.92. The van der Waals surface area contributed by atoms with Crippen LogP contribution in [-0.2, 0) is 5.41 Å².